The maximum absolute atomic E-state index is 4.03. The Morgan fingerprint density at radius 1 is 1.25 bits per heavy atom. The molecule has 0 saturated carbocycles. The molecule has 4 nitrogen and oxygen atoms in total. The fraction of sp³-hybridized carbons (Fsp3) is 0.400. The third-order valence-corrected chi connectivity index (χ3v) is 4.39. The minimum absolute atomic E-state index is 0.682. The zero-order valence-corrected chi connectivity index (χ0v) is 12.5. The van der Waals surface area contributed by atoms with Crippen LogP contribution in [0.3, 0.4) is 0 Å². The van der Waals surface area contributed by atoms with Crippen LogP contribution in [-0.2, 0) is 0 Å². The summed E-state index contributed by atoms with van der Waals surface area (Å²) in [6.45, 7) is 2.21. The summed E-state index contributed by atoms with van der Waals surface area (Å²) in [5, 5.41) is 6.91. The molecule has 0 spiro atoms. The lowest BCUT2D eigenvalue weighted by Gasteiger charge is -2.32. The highest BCUT2D eigenvalue weighted by Crippen LogP contribution is 2.30. The highest BCUT2D eigenvalue weighted by Gasteiger charge is 2.21. The molecule has 106 valence electrons. The number of anilines is 2. The molecule has 0 unspecified atom stereocenters. The van der Waals surface area contributed by atoms with Crippen molar-refractivity contribution in [3.8, 4) is 0 Å². The van der Waals surface area contributed by atoms with Gasteiger partial charge in [-0.3, -0.25) is 5.10 Å². The van der Waals surface area contributed by atoms with Crippen LogP contribution in [0.2, 0.25) is 0 Å². The summed E-state index contributed by atoms with van der Waals surface area (Å²) in [5.41, 5.74) is 3.85. The van der Waals surface area contributed by atoms with Gasteiger partial charge >= 0.3 is 0 Å². The predicted molar refractivity (Wildman–Crippen MR) is 86.4 cm³/mol. The van der Waals surface area contributed by atoms with E-state index in [2.05, 4.69) is 44.1 Å². The Bertz CT molecular complexity index is 515. The quantitative estimate of drug-likeness (QED) is 0.845. The van der Waals surface area contributed by atoms with Crippen LogP contribution >= 0.6 is 11.9 Å². The van der Waals surface area contributed by atoms with Gasteiger partial charge in [0.2, 0.25) is 0 Å². The zero-order chi connectivity index (χ0) is 13.8. The van der Waals surface area contributed by atoms with Gasteiger partial charge in [0.05, 0.1) is 11.9 Å². The number of nitrogens with zero attached hydrogens (tertiary/aromatic N) is 2. The Kier molecular flexibility index (Phi) is 4.16. The van der Waals surface area contributed by atoms with Crippen LogP contribution in [0.15, 0.2) is 36.7 Å². The van der Waals surface area contributed by atoms with Gasteiger partial charge in [-0.05, 0) is 36.5 Å². The molecule has 0 bridgehead atoms. The van der Waals surface area contributed by atoms with Crippen LogP contribution in [0, 0.1) is 0 Å². The zero-order valence-electron chi connectivity index (χ0n) is 11.7. The van der Waals surface area contributed by atoms with Crippen LogP contribution in [0.4, 0.5) is 11.4 Å². The molecule has 5 heteroatoms. The molecule has 2 heterocycles. The normalized spacial score (nSPS) is 16.4. The standard InChI is InChI=1S/C15H20N4S/c1-20-18-14-4-2-12(3-5-14)13-6-8-19(9-7-13)15-10-16-17-11-15/h2-5,10-11,13,18H,6-9H2,1H3,(H,16,17). The van der Waals surface area contributed by atoms with Crippen LogP contribution < -0.4 is 9.62 Å². The van der Waals surface area contributed by atoms with Gasteiger partial charge in [0.1, 0.15) is 0 Å². The Balaban J connectivity index is 1.60. The maximum Gasteiger partial charge on any atom is 0.0749 e. The second-order valence-electron chi connectivity index (χ2n) is 5.15. The Hall–Kier alpha value is -1.62. The molecular weight excluding hydrogens is 268 g/mol. The second-order valence-corrected chi connectivity index (χ2v) is 5.76. The average Bonchev–Trinajstić information content (AvgIpc) is 3.03. The number of hydrogen-bond donors (Lipinski definition) is 2. The van der Waals surface area contributed by atoms with Crippen molar-refractivity contribution in [3.63, 3.8) is 0 Å². The van der Waals surface area contributed by atoms with Crippen LogP contribution in [0.1, 0.15) is 24.3 Å². The number of piperidine rings is 1. The third-order valence-electron chi connectivity index (χ3n) is 3.95. The van der Waals surface area contributed by atoms with Crippen molar-refractivity contribution >= 4 is 23.3 Å². The van der Waals surface area contributed by atoms with Gasteiger partial charge < -0.3 is 9.62 Å². The number of H-pyrrole nitrogens is 1. The lowest BCUT2D eigenvalue weighted by molar-refractivity contribution is 0.505. The summed E-state index contributed by atoms with van der Waals surface area (Å²) in [7, 11) is 0. The van der Waals surface area contributed by atoms with Crippen LogP contribution in [-0.4, -0.2) is 29.5 Å². The van der Waals surface area contributed by atoms with Crippen molar-refractivity contribution in [1.29, 1.82) is 0 Å². The number of rotatable bonds is 4. The van der Waals surface area contributed by atoms with Crippen LogP contribution in [0.5, 0.6) is 0 Å². The van der Waals surface area contributed by atoms with Crippen molar-refractivity contribution < 1.29 is 0 Å². The number of hydrogen-bond acceptors (Lipinski definition) is 4. The SMILES string of the molecule is CSNc1ccc(C2CCN(c3cn[nH]c3)CC2)cc1. The molecule has 1 aromatic heterocycles. The first-order valence-corrected chi connectivity index (χ1v) is 8.22. The van der Waals surface area contributed by atoms with Crippen molar-refractivity contribution in [3.05, 3.63) is 42.2 Å². The van der Waals surface area contributed by atoms with Gasteiger partial charge in [0.25, 0.3) is 0 Å². The minimum atomic E-state index is 0.682. The van der Waals surface area contributed by atoms with Crippen molar-refractivity contribution in [2.75, 3.05) is 29.0 Å². The van der Waals surface area contributed by atoms with E-state index in [9.17, 15) is 0 Å². The first-order valence-electron chi connectivity index (χ1n) is 6.99. The predicted octanol–water partition coefficient (Wildman–Crippen LogP) is 3.48. The van der Waals surface area contributed by atoms with E-state index in [0.29, 0.717) is 5.92 Å². The highest BCUT2D eigenvalue weighted by molar-refractivity contribution is 7.99. The first kappa shape index (κ1) is 13.4. The number of nitrogens with one attached hydrogen (secondary N) is 2. The minimum Gasteiger partial charge on any atom is -0.369 e. The Labute approximate surface area is 124 Å². The number of benzene rings is 1. The lowest BCUT2D eigenvalue weighted by Crippen LogP contribution is -2.32. The molecule has 1 aliphatic rings. The van der Waals surface area contributed by atoms with E-state index in [1.807, 2.05) is 18.6 Å². The first-order chi connectivity index (χ1) is 9.86. The van der Waals surface area contributed by atoms with Gasteiger partial charge in [0, 0.05) is 31.2 Å². The van der Waals surface area contributed by atoms with E-state index in [1.165, 1.54) is 29.8 Å². The Morgan fingerprint density at radius 3 is 2.60 bits per heavy atom. The summed E-state index contributed by atoms with van der Waals surface area (Å²) in [4.78, 5) is 2.41. The average molecular weight is 288 g/mol. The lowest BCUT2D eigenvalue weighted by atomic mass is 9.89. The highest BCUT2D eigenvalue weighted by atomic mass is 32.2. The summed E-state index contributed by atoms with van der Waals surface area (Å²) in [6, 6.07) is 8.87. The van der Waals surface area contributed by atoms with E-state index < -0.39 is 0 Å². The molecule has 3 rings (SSSR count). The number of aromatic nitrogens is 2. The Morgan fingerprint density at radius 2 is 2.00 bits per heavy atom. The van der Waals surface area contributed by atoms with Gasteiger partial charge in [-0.15, -0.1) is 0 Å². The van der Waals surface area contributed by atoms with Crippen molar-refractivity contribution in [2.24, 2.45) is 0 Å². The van der Waals surface area contributed by atoms with E-state index in [-0.39, 0.29) is 0 Å². The van der Waals surface area contributed by atoms with Crippen molar-refractivity contribution in [1.82, 2.24) is 10.2 Å². The smallest absolute Gasteiger partial charge is 0.0749 e. The molecule has 0 radical (unpaired) electrons. The van der Waals surface area contributed by atoms with E-state index in [0.717, 1.165) is 13.1 Å². The monoisotopic (exact) mass is 288 g/mol. The third kappa shape index (κ3) is 2.93. The van der Waals surface area contributed by atoms with Crippen LogP contribution in [0.25, 0.3) is 0 Å². The molecule has 0 aliphatic carbocycles. The molecule has 2 aromatic rings. The largest absolute Gasteiger partial charge is 0.369 e. The van der Waals surface area contributed by atoms with Gasteiger partial charge in [-0.25, -0.2) is 0 Å². The second kappa shape index (κ2) is 6.22. The molecule has 20 heavy (non-hydrogen) atoms. The van der Waals surface area contributed by atoms with Crippen molar-refractivity contribution in [2.45, 2.75) is 18.8 Å². The molecule has 1 aromatic carbocycles. The summed E-state index contributed by atoms with van der Waals surface area (Å²) in [5.74, 6) is 0.682. The van der Waals surface area contributed by atoms with E-state index in [1.54, 1.807) is 11.9 Å². The van der Waals surface area contributed by atoms with E-state index in [4.69, 9.17) is 0 Å². The van der Waals surface area contributed by atoms with E-state index >= 15 is 0 Å². The molecule has 1 aliphatic heterocycles. The summed E-state index contributed by atoms with van der Waals surface area (Å²) in [6.07, 6.45) is 8.34. The van der Waals surface area contributed by atoms with Gasteiger partial charge in [0.15, 0.2) is 0 Å². The summed E-state index contributed by atoms with van der Waals surface area (Å²) < 4.78 is 3.26. The summed E-state index contributed by atoms with van der Waals surface area (Å²) >= 11 is 1.63. The fourth-order valence-corrected chi connectivity index (χ4v) is 3.20. The molecule has 0 amide bonds. The topological polar surface area (TPSA) is 44.0 Å². The molecule has 2 N–H and O–H groups in total. The maximum atomic E-state index is 4.03. The van der Waals surface area contributed by atoms with Gasteiger partial charge in [-0.2, -0.15) is 5.10 Å². The molecule has 0 atom stereocenters. The number of aromatic amines is 1. The fourth-order valence-electron chi connectivity index (χ4n) is 2.83. The molecular formula is C15H20N4S. The van der Waals surface area contributed by atoms with Gasteiger partial charge in [-0.1, -0.05) is 24.1 Å². The molecule has 1 fully saturated rings. The molecule has 1 saturated heterocycles.